The highest BCUT2D eigenvalue weighted by Gasteiger charge is 2.15. The predicted octanol–water partition coefficient (Wildman–Crippen LogP) is 0.619. The van der Waals surface area contributed by atoms with Gasteiger partial charge in [0.1, 0.15) is 5.03 Å². The molecule has 0 aliphatic heterocycles. The van der Waals surface area contributed by atoms with Crippen molar-refractivity contribution in [2.75, 3.05) is 5.73 Å². The Kier molecular flexibility index (Phi) is 2.97. The lowest BCUT2D eigenvalue weighted by Crippen LogP contribution is -2.19. The fourth-order valence-corrected chi connectivity index (χ4v) is 2.47. The molecule has 2 rings (SSSR count). The van der Waals surface area contributed by atoms with Gasteiger partial charge in [-0.2, -0.15) is 5.10 Å². The lowest BCUT2D eigenvalue weighted by atomic mass is 10.4. The van der Waals surface area contributed by atoms with Crippen LogP contribution < -0.4 is 11.4 Å². The van der Waals surface area contributed by atoms with Gasteiger partial charge in [-0.3, -0.25) is 9.25 Å². The number of aryl methyl sites for hydroxylation is 1. The number of aromatic nitrogens is 5. The molecule has 3 N–H and O–H groups in total. The number of nitrogens with two attached hydrogens (primary N) is 1. The van der Waals surface area contributed by atoms with Gasteiger partial charge in [0.2, 0.25) is 0 Å². The van der Waals surface area contributed by atoms with Gasteiger partial charge in [0.05, 0.1) is 5.69 Å². The maximum absolute atomic E-state index is 11.5. The van der Waals surface area contributed by atoms with Crippen LogP contribution in [0.25, 0.3) is 0 Å². The molecule has 0 unspecified atom stereocenters. The zero-order valence-corrected chi connectivity index (χ0v) is 10.7. The summed E-state index contributed by atoms with van der Waals surface area (Å²) in [5.41, 5.74) is 6.14. The maximum Gasteiger partial charge on any atom is 0.344 e. The van der Waals surface area contributed by atoms with Gasteiger partial charge in [0, 0.05) is 19.3 Å². The van der Waals surface area contributed by atoms with Crippen molar-refractivity contribution < 1.29 is 0 Å². The van der Waals surface area contributed by atoms with Gasteiger partial charge in [-0.05, 0) is 25.6 Å². The Bertz CT molecular complexity index is 581. The summed E-state index contributed by atoms with van der Waals surface area (Å²) in [5.74, 6) is 0. The number of aromatic amines is 1. The Labute approximate surface area is 102 Å². The average molecular weight is 254 g/mol. The van der Waals surface area contributed by atoms with Gasteiger partial charge in [-0.25, -0.2) is 9.89 Å². The van der Waals surface area contributed by atoms with Gasteiger partial charge in [0.15, 0.2) is 5.16 Å². The third-order valence-electron chi connectivity index (χ3n) is 2.20. The molecule has 0 aliphatic rings. The Balaban J connectivity index is 2.37. The molecule has 92 valence electrons. The summed E-state index contributed by atoms with van der Waals surface area (Å²) in [6.45, 7) is 3.84. The molecular weight excluding hydrogens is 240 g/mol. The summed E-state index contributed by atoms with van der Waals surface area (Å²) in [7, 11) is 1.79. The van der Waals surface area contributed by atoms with Gasteiger partial charge >= 0.3 is 5.69 Å². The SMILES string of the molecule is CC(C)n1c(Sc2nn(C)cc2N)n[nH]c1=O. The van der Waals surface area contributed by atoms with Crippen molar-refractivity contribution >= 4 is 17.4 Å². The lowest BCUT2D eigenvalue weighted by molar-refractivity contribution is 0.533. The molecule has 0 saturated carbocycles. The van der Waals surface area contributed by atoms with E-state index >= 15 is 0 Å². The number of hydrogen-bond donors (Lipinski definition) is 2. The minimum atomic E-state index is -0.225. The fraction of sp³-hybridized carbons (Fsp3) is 0.444. The van der Waals surface area contributed by atoms with E-state index < -0.39 is 0 Å². The number of nitrogen functional groups attached to an aromatic ring is 1. The van der Waals surface area contributed by atoms with Crippen LogP contribution in [-0.4, -0.2) is 24.5 Å². The molecule has 0 spiro atoms. The van der Waals surface area contributed by atoms with E-state index in [-0.39, 0.29) is 11.7 Å². The summed E-state index contributed by atoms with van der Waals surface area (Å²) in [5, 5.41) is 11.8. The lowest BCUT2D eigenvalue weighted by Gasteiger charge is -2.07. The molecule has 0 radical (unpaired) electrons. The van der Waals surface area contributed by atoms with Crippen molar-refractivity contribution in [3.05, 3.63) is 16.7 Å². The van der Waals surface area contributed by atoms with E-state index in [1.165, 1.54) is 11.8 Å². The second-order valence-electron chi connectivity index (χ2n) is 3.94. The molecule has 0 atom stereocenters. The molecule has 2 aromatic rings. The summed E-state index contributed by atoms with van der Waals surface area (Å²) in [6, 6.07) is 0.0358. The van der Waals surface area contributed by atoms with E-state index in [9.17, 15) is 4.79 Å². The van der Waals surface area contributed by atoms with Crippen LogP contribution in [0.4, 0.5) is 5.69 Å². The quantitative estimate of drug-likeness (QED) is 0.837. The van der Waals surface area contributed by atoms with Gasteiger partial charge in [-0.1, -0.05) is 0 Å². The first-order valence-corrected chi connectivity index (χ1v) is 5.94. The highest BCUT2D eigenvalue weighted by molar-refractivity contribution is 7.99. The number of rotatable bonds is 3. The molecule has 2 aromatic heterocycles. The van der Waals surface area contributed by atoms with Crippen LogP contribution in [0.1, 0.15) is 19.9 Å². The Morgan fingerprint density at radius 2 is 2.24 bits per heavy atom. The van der Waals surface area contributed by atoms with Crippen LogP contribution in [0.3, 0.4) is 0 Å². The smallest absolute Gasteiger partial charge is 0.344 e. The first-order valence-electron chi connectivity index (χ1n) is 5.13. The fourth-order valence-electron chi connectivity index (χ4n) is 1.47. The maximum atomic E-state index is 11.5. The van der Waals surface area contributed by atoms with Crippen LogP contribution in [0.15, 0.2) is 21.2 Å². The summed E-state index contributed by atoms with van der Waals surface area (Å²) in [6.07, 6.45) is 1.72. The van der Waals surface area contributed by atoms with Crippen molar-refractivity contribution in [1.29, 1.82) is 0 Å². The normalized spacial score (nSPS) is 11.3. The zero-order chi connectivity index (χ0) is 12.6. The van der Waals surface area contributed by atoms with Gasteiger partial charge < -0.3 is 5.73 Å². The van der Waals surface area contributed by atoms with E-state index in [1.807, 2.05) is 13.8 Å². The number of anilines is 1. The molecule has 0 bridgehead atoms. The average Bonchev–Trinajstić information content (AvgIpc) is 2.71. The second kappa shape index (κ2) is 4.28. The van der Waals surface area contributed by atoms with Crippen LogP contribution in [0.2, 0.25) is 0 Å². The van der Waals surface area contributed by atoms with E-state index in [1.54, 1.807) is 22.5 Å². The minimum Gasteiger partial charge on any atom is -0.395 e. The minimum absolute atomic E-state index is 0.0358. The van der Waals surface area contributed by atoms with E-state index in [4.69, 9.17) is 5.73 Å². The van der Waals surface area contributed by atoms with Crippen LogP contribution in [0, 0.1) is 0 Å². The van der Waals surface area contributed by atoms with Crippen molar-refractivity contribution in [3.8, 4) is 0 Å². The number of H-pyrrole nitrogens is 1. The molecule has 0 amide bonds. The molecule has 2 heterocycles. The molecule has 8 heteroatoms. The summed E-state index contributed by atoms with van der Waals surface area (Å²) in [4.78, 5) is 11.5. The highest BCUT2D eigenvalue weighted by atomic mass is 32.2. The van der Waals surface area contributed by atoms with Crippen molar-refractivity contribution in [2.24, 2.45) is 7.05 Å². The van der Waals surface area contributed by atoms with Crippen LogP contribution in [0.5, 0.6) is 0 Å². The molecule has 0 aromatic carbocycles. The largest absolute Gasteiger partial charge is 0.395 e. The third kappa shape index (κ3) is 2.21. The number of nitrogens with one attached hydrogen (secondary N) is 1. The second-order valence-corrected chi connectivity index (χ2v) is 4.90. The molecule has 0 aliphatic carbocycles. The molecule has 0 saturated heterocycles. The predicted molar refractivity (Wildman–Crippen MR) is 65.0 cm³/mol. The number of hydrogen-bond acceptors (Lipinski definition) is 5. The van der Waals surface area contributed by atoms with Crippen LogP contribution in [-0.2, 0) is 7.05 Å². The highest BCUT2D eigenvalue weighted by Crippen LogP contribution is 2.29. The number of nitrogens with zero attached hydrogens (tertiary/aromatic N) is 4. The first kappa shape index (κ1) is 11.8. The standard InChI is InChI=1S/C9H14N6OS/c1-5(2)15-8(16)11-12-9(15)17-7-6(10)4-14(3)13-7/h4-5H,10H2,1-3H3,(H,11,16). The van der Waals surface area contributed by atoms with Crippen molar-refractivity contribution in [1.82, 2.24) is 24.5 Å². The molecule has 7 nitrogen and oxygen atoms in total. The summed E-state index contributed by atoms with van der Waals surface area (Å²) >= 11 is 1.27. The summed E-state index contributed by atoms with van der Waals surface area (Å²) < 4.78 is 3.20. The molecule has 0 fully saturated rings. The topological polar surface area (TPSA) is 94.5 Å². The van der Waals surface area contributed by atoms with Crippen LogP contribution >= 0.6 is 11.8 Å². The van der Waals surface area contributed by atoms with E-state index in [0.29, 0.717) is 15.9 Å². The van der Waals surface area contributed by atoms with Gasteiger partial charge in [0.25, 0.3) is 0 Å². The van der Waals surface area contributed by atoms with E-state index in [2.05, 4.69) is 15.3 Å². The Hall–Kier alpha value is -1.70. The first-order chi connectivity index (χ1) is 7.99. The van der Waals surface area contributed by atoms with Gasteiger partial charge in [-0.15, -0.1) is 5.10 Å². The monoisotopic (exact) mass is 254 g/mol. The Morgan fingerprint density at radius 3 is 2.76 bits per heavy atom. The molecule has 17 heavy (non-hydrogen) atoms. The molecular formula is C9H14N6OS. The van der Waals surface area contributed by atoms with Crippen molar-refractivity contribution in [2.45, 2.75) is 30.1 Å². The third-order valence-corrected chi connectivity index (χ3v) is 3.18. The Morgan fingerprint density at radius 1 is 1.53 bits per heavy atom. The van der Waals surface area contributed by atoms with Crippen molar-refractivity contribution in [3.63, 3.8) is 0 Å². The van der Waals surface area contributed by atoms with E-state index in [0.717, 1.165) is 0 Å². The zero-order valence-electron chi connectivity index (χ0n) is 9.84.